The van der Waals surface area contributed by atoms with Crippen LogP contribution in [0.15, 0.2) is 35.2 Å². The standard InChI is InChI=1S/C27H35N3O4S/c1-17-15-18(2)20(4)25(19(17)3)35(33,34)29-13-11-23(12-14-29)27(32)30(24-9-10-24)16-21-5-7-22(8-6-21)26(28)31/h5-8,15,23-24H,9-14,16H2,1-4H3,(H2,28,31). The molecule has 1 saturated carbocycles. The van der Waals surface area contributed by atoms with Crippen molar-refractivity contribution in [1.82, 2.24) is 9.21 Å². The van der Waals surface area contributed by atoms with Crippen molar-refractivity contribution in [1.29, 1.82) is 0 Å². The summed E-state index contributed by atoms with van der Waals surface area (Å²) in [5.74, 6) is -0.560. The number of primary amides is 1. The minimum Gasteiger partial charge on any atom is -0.366 e. The zero-order chi connectivity index (χ0) is 25.5. The number of rotatable bonds is 7. The van der Waals surface area contributed by atoms with Gasteiger partial charge < -0.3 is 10.6 Å². The van der Waals surface area contributed by atoms with Crippen LogP contribution in [0, 0.1) is 33.6 Å². The molecule has 0 unspecified atom stereocenters. The second kappa shape index (κ2) is 9.74. The maximum atomic E-state index is 13.6. The Morgan fingerprint density at radius 2 is 1.49 bits per heavy atom. The quantitative estimate of drug-likeness (QED) is 0.631. The van der Waals surface area contributed by atoms with Gasteiger partial charge in [-0.3, -0.25) is 9.59 Å². The molecule has 2 fully saturated rings. The highest BCUT2D eigenvalue weighted by molar-refractivity contribution is 7.89. The van der Waals surface area contributed by atoms with Gasteiger partial charge in [-0.25, -0.2) is 8.42 Å². The van der Waals surface area contributed by atoms with Crippen LogP contribution < -0.4 is 5.73 Å². The summed E-state index contributed by atoms with van der Waals surface area (Å²) >= 11 is 0. The van der Waals surface area contributed by atoms with Crippen molar-refractivity contribution < 1.29 is 18.0 Å². The Morgan fingerprint density at radius 3 is 1.97 bits per heavy atom. The second-order valence-electron chi connectivity index (χ2n) is 10.0. The number of aryl methyl sites for hydroxylation is 2. The number of nitrogens with two attached hydrogens (primary N) is 1. The van der Waals surface area contributed by atoms with Gasteiger partial charge in [0.15, 0.2) is 0 Å². The van der Waals surface area contributed by atoms with Gasteiger partial charge >= 0.3 is 0 Å². The first-order chi connectivity index (χ1) is 16.5. The lowest BCUT2D eigenvalue weighted by atomic mass is 9.96. The lowest BCUT2D eigenvalue weighted by Gasteiger charge is -2.34. The van der Waals surface area contributed by atoms with Crippen molar-refractivity contribution in [2.45, 2.75) is 70.9 Å². The van der Waals surface area contributed by atoms with Crippen LogP contribution in [0.25, 0.3) is 0 Å². The highest BCUT2D eigenvalue weighted by atomic mass is 32.2. The van der Waals surface area contributed by atoms with E-state index in [0.29, 0.717) is 42.9 Å². The van der Waals surface area contributed by atoms with Crippen molar-refractivity contribution in [2.75, 3.05) is 13.1 Å². The average Bonchev–Trinajstić information content (AvgIpc) is 3.66. The Kier molecular flexibility index (Phi) is 7.06. The summed E-state index contributed by atoms with van der Waals surface area (Å²) in [4.78, 5) is 27.2. The van der Waals surface area contributed by atoms with E-state index in [-0.39, 0.29) is 17.9 Å². The van der Waals surface area contributed by atoms with Crippen LogP contribution in [0.4, 0.5) is 0 Å². The first-order valence-corrected chi connectivity index (χ1v) is 13.7. The monoisotopic (exact) mass is 497 g/mol. The van der Waals surface area contributed by atoms with Crippen LogP contribution >= 0.6 is 0 Å². The third-order valence-corrected chi connectivity index (χ3v) is 9.73. The van der Waals surface area contributed by atoms with Crippen LogP contribution in [0.3, 0.4) is 0 Å². The maximum absolute atomic E-state index is 13.6. The van der Waals surface area contributed by atoms with Crippen molar-refractivity contribution in [2.24, 2.45) is 11.7 Å². The first-order valence-electron chi connectivity index (χ1n) is 12.3. The molecule has 0 spiro atoms. The third kappa shape index (κ3) is 5.14. The summed E-state index contributed by atoms with van der Waals surface area (Å²) < 4.78 is 28.7. The summed E-state index contributed by atoms with van der Waals surface area (Å²) in [6, 6.07) is 9.32. The molecule has 4 rings (SSSR count). The largest absolute Gasteiger partial charge is 0.366 e. The molecule has 188 valence electrons. The summed E-state index contributed by atoms with van der Waals surface area (Å²) in [7, 11) is -3.63. The zero-order valence-corrected chi connectivity index (χ0v) is 21.8. The molecule has 1 aliphatic carbocycles. The Morgan fingerprint density at radius 1 is 0.943 bits per heavy atom. The predicted molar refractivity (Wildman–Crippen MR) is 135 cm³/mol. The van der Waals surface area contributed by atoms with Crippen LogP contribution in [-0.2, 0) is 21.4 Å². The van der Waals surface area contributed by atoms with Crippen LogP contribution in [0.5, 0.6) is 0 Å². The predicted octanol–water partition coefficient (Wildman–Crippen LogP) is 3.61. The number of hydrogen-bond donors (Lipinski definition) is 1. The number of carbonyl (C=O) groups is 2. The highest BCUT2D eigenvalue weighted by Crippen LogP contribution is 2.34. The van der Waals surface area contributed by atoms with E-state index in [9.17, 15) is 18.0 Å². The number of amides is 2. The lowest BCUT2D eigenvalue weighted by Crippen LogP contribution is -2.45. The van der Waals surface area contributed by atoms with E-state index in [1.54, 1.807) is 16.4 Å². The molecular weight excluding hydrogens is 462 g/mol. The molecule has 0 atom stereocenters. The molecule has 1 saturated heterocycles. The molecule has 2 N–H and O–H groups in total. The van der Waals surface area contributed by atoms with Crippen LogP contribution in [0.1, 0.15) is 63.9 Å². The molecule has 1 aliphatic heterocycles. The maximum Gasteiger partial charge on any atom is 0.248 e. The molecule has 2 aromatic carbocycles. The number of hydrogen-bond acceptors (Lipinski definition) is 4. The Labute approximate surface area is 208 Å². The van der Waals surface area contributed by atoms with Gasteiger partial charge in [-0.2, -0.15) is 4.31 Å². The molecular formula is C27H35N3O4S. The van der Waals surface area contributed by atoms with Gasteiger partial charge in [0.25, 0.3) is 0 Å². The number of benzene rings is 2. The molecule has 0 bridgehead atoms. The summed E-state index contributed by atoms with van der Waals surface area (Å²) in [5, 5.41) is 0. The smallest absolute Gasteiger partial charge is 0.248 e. The van der Waals surface area contributed by atoms with Crippen molar-refractivity contribution >= 4 is 21.8 Å². The molecule has 35 heavy (non-hydrogen) atoms. The van der Waals surface area contributed by atoms with Crippen LogP contribution in [-0.4, -0.2) is 48.6 Å². The topological polar surface area (TPSA) is 101 Å². The molecule has 7 nitrogen and oxygen atoms in total. The van der Waals surface area contributed by atoms with E-state index in [0.717, 1.165) is 40.7 Å². The van der Waals surface area contributed by atoms with E-state index in [1.807, 2.05) is 50.8 Å². The third-order valence-electron chi connectivity index (χ3n) is 7.56. The molecule has 2 amide bonds. The molecule has 1 heterocycles. The fraction of sp³-hybridized carbons (Fsp3) is 0.481. The number of sulfonamides is 1. The van der Waals surface area contributed by atoms with Gasteiger partial charge in [-0.15, -0.1) is 0 Å². The SMILES string of the molecule is Cc1cc(C)c(C)c(S(=O)(=O)N2CCC(C(=O)N(Cc3ccc(C(N)=O)cc3)C3CC3)CC2)c1C. The summed E-state index contributed by atoms with van der Waals surface area (Å²) in [6.45, 7) is 8.80. The molecule has 2 aromatic rings. The number of carbonyl (C=O) groups excluding carboxylic acids is 2. The summed E-state index contributed by atoms with van der Waals surface area (Å²) in [5.41, 5.74) is 10.3. The fourth-order valence-electron chi connectivity index (χ4n) is 5.02. The van der Waals surface area contributed by atoms with Gasteiger partial charge in [-0.05, 0) is 93.3 Å². The van der Waals surface area contributed by atoms with Gasteiger partial charge in [0, 0.05) is 37.2 Å². The second-order valence-corrected chi connectivity index (χ2v) is 11.9. The minimum absolute atomic E-state index is 0.0993. The van der Waals surface area contributed by atoms with Crippen molar-refractivity contribution in [3.05, 3.63) is 63.7 Å². The molecule has 8 heteroatoms. The lowest BCUT2D eigenvalue weighted by molar-refractivity contribution is -0.138. The summed E-state index contributed by atoms with van der Waals surface area (Å²) in [6.07, 6.45) is 3.02. The Bertz CT molecular complexity index is 1220. The van der Waals surface area contributed by atoms with Crippen LogP contribution in [0.2, 0.25) is 0 Å². The number of nitrogens with zero attached hydrogens (tertiary/aromatic N) is 2. The van der Waals surface area contributed by atoms with Gasteiger partial charge in [-0.1, -0.05) is 18.2 Å². The first kappa shape index (κ1) is 25.4. The molecule has 0 aromatic heterocycles. The van der Waals surface area contributed by atoms with Gasteiger partial charge in [0.05, 0.1) is 4.90 Å². The highest BCUT2D eigenvalue weighted by Gasteiger charge is 2.39. The molecule has 0 radical (unpaired) electrons. The van der Waals surface area contributed by atoms with E-state index in [4.69, 9.17) is 5.73 Å². The fourth-order valence-corrected chi connectivity index (χ4v) is 7.06. The number of piperidine rings is 1. The minimum atomic E-state index is -3.63. The normalized spacial score (nSPS) is 17.4. The van der Waals surface area contributed by atoms with E-state index in [1.165, 1.54) is 0 Å². The van der Waals surface area contributed by atoms with E-state index < -0.39 is 15.9 Å². The zero-order valence-electron chi connectivity index (χ0n) is 21.0. The van der Waals surface area contributed by atoms with E-state index >= 15 is 0 Å². The molecule has 2 aliphatic rings. The van der Waals surface area contributed by atoms with Crippen molar-refractivity contribution in [3.8, 4) is 0 Å². The van der Waals surface area contributed by atoms with Gasteiger partial charge in [0.2, 0.25) is 21.8 Å². The average molecular weight is 498 g/mol. The Balaban J connectivity index is 1.46. The Hall–Kier alpha value is -2.71. The van der Waals surface area contributed by atoms with Gasteiger partial charge in [0.1, 0.15) is 0 Å². The van der Waals surface area contributed by atoms with E-state index in [2.05, 4.69) is 0 Å². The van der Waals surface area contributed by atoms with Crippen molar-refractivity contribution in [3.63, 3.8) is 0 Å².